The van der Waals surface area contributed by atoms with Gasteiger partial charge in [-0.3, -0.25) is 4.79 Å². The Labute approximate surface area is 186 Å². The number of aryl methyl sites for hydroxylation is 1. The van der Waals surface area contributed by atoms with Gasteiger partial charge in [-0.2, -0.15) is 5.10 Å². The quantitative estimate of drug-likeness (QED) is 0.510. The molecular weight excluding hydrogens is 402 g/mol. The number of carbonyl (C=O) groups excluding carboxylic acids is 1. The number of amides is 1. The molecule has 162 valence electrons. The highest BCUT2D eigenvalue weighted by atomic mass is 16.5. The van der Waals surface area contributed by atoms with Crippen LogP contribution in [-0.2, 0) is 19.9 Å². The first kappa shape index (κ1) is 20.1. The fourth-order valence-electron chi connectivity index (χ4n) is 4.35. The van der Waals surface area contributed by atoms with E-state index >= 15 is 0 Å². The molecule has 2 aromatic carbocycles. The second kappa shape index (κ2) is 8.34. The van der Waals surface area contributed by atoms with Crippen molar-refractivity contribution in [3.8, 4) is 11.4 Å². The predicted molar refractivity (Wildman–Crippen MR) is 121 cm³/mol. The largest absolute Gasteiger partial charge is 0.497 e. The van der Waals surface area contributed by atoms with E-state index in [1.807, 2.05) is 77.1 Å². The van der Waals surface area contributed by atoms with E-state index in [0.29, 0.717) is 5.69 Å². The standard InChI is InChI=1S/C25H25N5O2/c1-29-16-15-26-24(29)22(17-11-13-19(32-2)14-12-17)27-25(31)23-20-9-6-10-21(20)30(28-23)18-7-4-3-5-8-18/h3-5,7-8,11-16,22H,6,9-10H2,1-2H3,(H,27,31). The maximum absolute atomic E-state index is 13.5. The van der Waals surface area contributed by atoms with Crippen molar-refractivity contribution in [2.24, 2.45) is 7.05 Å². The molecule has 2 aromatic heterocycles. The highest BCUT2D eigenvalue weighted by molar-refractivity contribution is 5.94. The Bertz CT molecular complexity index is 1240. The Morgan fingerprint density at radius 1 is 1.09 bits per heavy atom. The van der Waals surface area contributed by atoms with Gasteiger partial charge in [0.2, 0.25) is 0 Å². The Morgan fingerprint density at radius 2 is 1.88 bits per heavy atom. The molecule has 0 bridgehead atoms. The van der Waals surface area contributed by atoms with Crippen LogP contribution in [0.4, 0.5) is 0 Å². The van der Waals surface area contributed by atoms with Gasteiger partial charge in [-0.1, -0.05) is 30.3 Å². The number of para-hydroxylation sites is 1. The Kier molecular flexibility index (Phi) is 5.23. The van der Waals surface area contributed by atoms with Crippen molar-refractivity contribution in [1.29, 1.82) is 0 Å². The van der Waals surface area contributed by atoms with Crippen LogP contribution in [0.3, 0.4) is 0 Å². The number of nitrogens with zero attached hydrogens (tertiary/aromatic N) is 4. The molecule has 32 heavy (non-hydrogen) atoms. The lowest BCUT2D eigenvalue weighted by Gasteiger charge is -2.19. The van der Waals surface area contributed by atoms with Gasteiger partial charge in [-0.05, 0) is 49.1 Å². The number of ether oxygens (including phenoxy) is 1. The van der Waals surface area contributed by atoms with Crippen LogP contribution in [0.2, 0.25) is 0 Å². The first-order valence-electron chi connectivity index (χ1n) is 10.7. The van der Waals surface area contributed by atoms with E-state index in [1.165, 1.54) is 0 Å². The third kappa shape index (κ3) is 3.56. The topological polar surface area (TPSA) is 74.0 Å². The van der Waals surface area contributed by atoms with Gasteiger partial charge in [-0.25, -0.2) is 9.67 Å². The van der Waals surface area contributed by atoms with Gasteiger partial charge >= 0.3 is 0 Å². The van der Waals surface area contributed by atoms with E-state index in [4.69, 9.17) is 9.84 Å². The zero-order valence-electron chi connectivity index (χ0n) is 18.2. The van der Waals surface area contributed by atoms with Gasteiger partial charge in [0.15, 0.2) is 5.69 Å². The fraction of sp³-hybridized carbons (Fsp3) is 0.240. The average molecular weight is 428 g/mol. The number of fused-ring (bicyclic) bond motifs is 1. The SMILES string of the molecule is COc1ccc(C(NC(=O)c2nn(-c3ccccc3)c3c2CCC3)c2nccn2C)cc1. The van der Waals surface area contributed by atoms with E-state index < -0.39 is 6.04 Å². The van der Waals surface area contributed by atoms with E-state index in [9.17, 15) is 4.79 Å². The van der Waals surface area contributed by atoms with Crippen molar-refractivity contribution in [3.63, 3.8) is 0 Å². The normalized spacial score (nSPS) is 13.6. The molecule has 7 heteroatoms. The molecule has 1 atom stereocenters. The minimum Gasteiger partial charge on any atom is -0.497 e. The summed E-state index contributed by atoms with van der Waals surface area (Å²) >= 11 is 0. The Balaban J connectivity index is 1.51. The van der Waals surface area contributed by atoms with Gasteiger partial charge < -0.3 is 14.6 Å². The molecule has 1 aliphatic rings. The van der Waals surface area contributed by atoms with Crippen molar-refractivity contribution in [2.45, 2.75) is 25.3 Å². The lowest BCUT2D eigenvalue weighted by atomic mass is 10.0. The van der Waals surface area contributed by atoms with E-state index in [1.54, 1.807) is 13.3 Å². The van der Waals surface area contributed by atoms with Crippen LogP contribution in [0.15, 0.2) is 67.0 Å². The Morgan fingerprint density at radius 3 is 2.56 bits per heavy atom. The predicted octanol–water partition coefficient (Wildman–Crippen LogP) is 3.62. The number of benzene rings is 2. The number of rotatable bonds is 6. The van der Waals surface area contributed by atoms with Gasteiger partial charge in [0.1, 0.15) is 17.6 Å². The average Bonchev–Trinajstić information content (AvgIpc) is 3.55. The number of nitrogens with one attached hydrogen (secondary N) is 1. The molecule has 4 aromatic rings. The van der Waals surface area contributed by atoms with Crippen LogP contribution < -0.4 is 10.1 Å². The highest BCUT2D eigenvalue weighted by Gasteiger charge is 2.29. The number of hydrogen-bond donors (Lipinski definition) is 1. The van der Waals surface area contributed by atoms with E-state index in [2.05, 4.69) is 10.3 Å². The van der Waals surface area contributed by atoms with Crippen molar-refractivity contribution in [2.75, 3.05) is 7.11 Å². The summed E-state index contributed by atoms with van der Waals surface area (Å²) in [7, 11) is 3.56. The van der Waals surface area contributed by atoms with Crippen LogP contribution in [0.25, 0.3) is 5.69 Å². The molecule has 1 N–H and O–H groups in total. The summed E-state index contributed by atoms with van der Waals surface area (Å²) in [5.74, 6) is 1.32. The summed E-state index contributed by atoms with van der Waals surface area (Å²) < 4.78 is 9.12. The minimum atomic E-state index is -0.410. The molecule has 0 saturated heterocycles. The molecule has 0 spiro atoms. The smallest absolute Gasteiger partial charge is 0.272 e. The van der Waals surface area contributed by atoms with E-state index in [0.717, 1.165) is 53.3 Å². The van der Waals surface area contributed by atoms with Crippen LogP contribution in [0.1, 0.15) is 45.6 Å². The van der Waals surface area contributed by atoms with Gasteiger partial charge in [0.25, 0.3) is 5.91 Å². The van der Waals surface area contributed by atoms with Crippen molar-refractivity contribution < 1.29 is 9.53 Å². The lowest BCUT2D eigenvalue weighted by molar-refractivity contribution is 0.0934. The number of aromatic nitrogens is 4. The molecule has 0 fully saturated rings. The first-order valence-corrected chi connectivity index (χ1v) is 10.7. The molecule has 1 amide bonds. The summed E-state index contributed by atoms with van der Waals surface area (Å²) in [6, 6.07) is 17.2. The zero-order valence-corrected chi connectivity index (χ0v) is 18.2. The summed E-state index contributed by atoms with van der Waals surface area (Å²) in [5, 5.41) is 7.92. The van der Waals surface area contributed by atoms with Crippen molar-refractivity contribution >= 4 is 5.91 Å². The zero-order chi connectivity index (χ0) is 22.1. The summed E-state index contributed by atoms with van der Waals surface area (Å²) in [6.45, 7) is 0. The summed E-state index contributed by atoms with van der Waals surface area (Å²) in [6.07, 6.45) is 6.42. The number of imidazole rings is 1. The lowest BCUT2D eigenvalue weighted by Crippen LogP contribution is -2.32. The van der Waals surface area contributed by atoms with Crippen LogP contribution in [-0.4, -0.2) is 32.3 Å². The van der Waals surface area contributed by atoms with Crippen LogP contribution in [0.5, 0.6) is 5.75 Å². The van der Waals surface area contributed by atoms with Gasteiger partial charge in [0, 0.05) is 30.7 Å². The Hall–Kier alpha value is -3.87. The van der Waals surface area contributed by atoms with Crippen molar-refractivity contribution in [1.82, 2.24) is 24.6 Å². The molecule has 0 saturated carbocycles. The molecule has 2 heterocycles. The number of hydrogen-bond acceptors (Lipinski definition) is 4. The van der Waals surface area contributed by atoms with Gasteiger partial charge in [0.05, 0.1) is 12.8 Å². The third-order valence-corrected chi connectivity index (χ3v) is 5.99. The minimum absolute atomic E-state index is 0.193. The van der Waals surface area contributed by atoms with Crippen LogP contribution >= 0.6 is 0 Å². The second-order valence-electron chi connectivity index (χ2n) is 7.95. The van der Waals surface area contributed by atoms with Crippen LogP contribution in [0, 0.1) is 0 Å². The van der Waals surface area contributed by atoms with Crippen molar-refractivity contribution in [3.05, 3.63) is 95.3 Å². The first-order chi connectivity index (χ1) is 15.7. The monoisotopic (exact) mass is 427 g/mol. The van der Waals surface area contributed by atoms with Gasteiger partial charge in [-0.15, -0.1) is 0 Å². The summed E-state index contributed by atoms with van der Waals surface area (Å²) in [4.78, 5) is 18.0. The fourth-order valence-corrected chi connectivity index (χ4v) is 4.35. The maximum atomic E-state index is 13.5. The second-order valence-corrected chi connectivity index (χ2v) is 7.95. The molecular formula is C25H25N5O2. The summed E-state index contributed by atoms with van der Waals surface area (Å²) in [5.41, 5.74) is 4.56. The highest BCUT2D eigenvalue weighted by Crippen LogP contribution is 2.29. The number of carbonyl (C=O) groups is 1. The molecule has 1 aliphatic carbocycles. The molecule has 1 unspecified atom stereocenters. The number of methoxy groups -OCH3 is 1. The molecule has 0 aliphatic heterocycles. The van der Waals surface area contributed by atoms with E-state index in [-0.39, 0.29) is 5.91 Å². The third-order valence-electron chi connectivity index (χ3n) is 5.99. The maximum Gasteiger partial charge on any atom is 0.272 e. The molecule has 7 nitrogen and oxygen atoms in total. The molecule has 5 rings (SSSR count). The molecule has 0 radical (unpaired) electrons.